The summed E-state index contributed by atoms with van der Waals surface area (Å²) in [6, 6.07) is 9.80. The van der Waals surface area contributed by atoms with Crippen LogP contribution >= 0.6 is 0 Å². The van der Waals surface area contributed by atoms with Crippen LogP contribution in [0.25, 0.3) is 0 Å². The minimum Gasteiger partial charge on any atom is -0.329 e. The predicted molar refractivity (Wildman–Crippen MR) is 81.3 cm³/mol. The van der Waals surface area contributed by atoms with Gasteiger partial charge in [-0.1, -0.05) is 36.8 Å². The highest BCUT2D eigenvalue weighted by molar-refractivity contribution is 5.25. The van der Waals surface area contributed by atoms with Crippen LogP contribution in [0, 0.1) is 6.92 Å². The molecule has 3 nitrogen and oxygen atoms in total. The quantitative estimate of drug-likeness (QED) is 0.900. The fraction of sp³-hybridized carbons (Fsp3) is 0.625. The topological polar surface area (TPSA) is 32.5 Å². The molecule has 2 N–H and O–H groups in total. The van der Waals surface area contributed by atoms with Gasteiger partial charge in [-0.2, -0.15) is 0 Å². The Hall–Kier alpha value is -0.900. The Bertz CT molecular complexity index is 405. The molecule has 0 saturated carbocycles. The third-order valence-electron chi connectivity index (χ3n) is 4.37. The highest BCUT2D eigenvalue weighted by atomic mass is 15.3. The van der Waals surface area contributed by atoms with Crippen molar-refractivity contribution in [1.82, 2.24) is 9.80 Å². The van der Waals surface area contributed by atoms with Gasteiger partial charge in [0.1, 0.15) is 0 Å². The van der Waals surface area contributed by atoms with Crippen LogP contribution in [-0.4, -0.2) is 49.1 Å². The van der Waals surface area contributed by atoms with Crippen molar-refractivity contribution in [3.8, 4) is 0 Å². The molecule has 1 heterocycles. The summed E-state index contributed by atoms with van der Waals surface area (Å²) in [5, 5.41) is 0. The number of hydrogen-bond acceptors (Lipinski definition) is 3. The van der Waals surface area contributed by atoms with Crippen molar-refractivity contribution in [3.63, 3.8) is 0 Å². The Morgan fingerprint density at radius 2 is 2.16 bits per heavy atom. The number of likely N-dealkylation sites (N-methyl/N-ethyl adjacent to an activating group) is 1. The van der Waals surface area contributed by atoms with Gasteiger partial charge in [0, 0.05) is 38.3 Å². The second-order valence-corrected chi connectivity index (χ2v) is 5.70. The molecule has 1 aromatic carbocycles. The van der Waals surface area contributed by atoms with E-state index in [1.807, 2.05) is 0 Å². The summed E-state index contributed by atoms with van der Waals surface area (Å²) in [6.45, 7) is 8.50. The van der Waals surface area contributed by atoms with E-state index < -0.39 is 0 Å². The van der Waals surface area contributed by atoms with E-state index in [2.05, 4.69) is 55.0 Å². The van der Waals surface area contributed by atoms with E-state index in [4.69, 9.17) is 5.73 Å². The SMILES string of the molecule is CCC1CN(C(CN)c2cccc(C)c2)CCN1C. The highest BCUT2D eigenvalue weighted by Gasteiger charge is 2.28. The van der Waals surface area contributed by atoms with Gasteiger partial charge >= 0.3 is 0 Å². The van der Waals surface area contributed by atoms with Gasteiger partial charge in [0.15, 0.2) is 0 Å². The first kappa shape index (κ1) is 14.5. The van der Waals surface area contributed by atoms with Crippen LogP contribution in [0.2, 0.25) is 0 Å². The van der Waals surface area contributed by atoms with Crippen molar-refractivity contribution in [1.29, 1.82) is 0 Å². The van der Waals surface area contributed by atoms with Gasteiger partial charge in [-0.25, -0.2) is 0 Å². The fourth-order valence-electron chi connectivity index (χ4n) is 3.07. The third kappa shape index (κ3) is 3.35. The van der Waals surface area contributed by atoms with Gasteiger partial charge in [0.05, 0.1) is 0 Å². The van der Waals surface area contributed by atoms with Crippen molar-refractivity contribution in [2.75, 3.05) is 33.2 Å². The summed E-state index contributed by atoms with van der Waals surface area (Å²) >= 11 is 0. The van der Waals surface area contributed by atoms with Crippen molar-refractivity contribution in [2.45, 2.75) is 32.4 Å². The standard InChI is InChI=1S/C16H27N3/c1-4-15-12-19(9-8-18(15)3)16(11-17)14-7-5-6-13(2)10-14/h5-7,10,15-16H,4,8-9,11-12,17H2,1-3H3. The molecule has 1 aliphatic heterocycles. The van der Waals surface area contributed by atoms with E-state index in [1.165, 1.54) is 17.5 Å². The van der Waals surface area contributed by atoms with Crippen molar-refractivity contribution < 1.29 is 0 Å². The summed E-state index contributed by atoms with van der Waals surface area (Å²) in [5.74, 6) is 0. The summed E-state index contributed by atoms with van der Waals surface area (Å²) in [5.41, 5.74) is 8.73. The van der Waals surface area contributed by atoms with Crippen LogP contribution in [-0.2, 0) is 0 Å². The van der Waals surface area contributed by atoms with Gasteiger partial charge < -0.3 is 10.6 Å². The summed E-state index contributed by atoms with van der Waals surface area (Å²) in [4.78, 5) is 5.03. The fourth-order valence-corrected chi connectivity index (χ4v) is 3.07. The second-order valence-electron chi connectivity index (χ2n) is 5.70. The molecule has 3 heteroatoms. The number of nitrogens with two attached hydrogens (primary N) is 1. The molecule has 1 aliphatic rings. The van der Waals surface area contributed by atoms with Gasteiger partial charge in [-0.3, -0.25) is 4.90 Å². The zero-order valence-electron chi connectivity index (χ0n) is 12.5. The zero-order chi connectivity index (χ0) is 13.8. The lowest BCUT2D eigenvalue weighted by Gasteiger charge is -2.42. The summed E-state index contributed by atoms with van der Waals surface area (Å²) < 4.78 is 0. The third-order valence-corrected chi connectivity index (χ3v) is 4.37. The number of rotatable bonds is 4. The van der Waals surface area contributed by atoms with E-state index in [1.54, 1.807) is 0 Å². The Morgan fingerprint density at radius 3 is 2.79 bits per heavy atom. The summed E-state index contributed by atoms with van der Waals surface area (Å²) in [6.07, 6.45) is 1.21. The molecule has 0 aromatic heterocycles. The molecule has 2 unspecified atom stereocenters. The van der Waals surface area contributed by atoms with Crippen LogP contribution < -0.4 is 5.73 Å². The van der Waals surface area contributed by atoms with Crippen LogP contribution in [0.5, 0.6) is 0 Å². The van der Waals surface area contributed by atoms with Gasteiger partial charge in [-0.15, -0.1) is 0 Å². The van der Waals surface area contributed by atoms with Crippen LogP contribution in [0.15, 0.2) is 24.3 Å². The molecule has 19 heavy (non-hydrogen) atoms. The second kappa shape index (κ2) is 6.51. The largest absolute Gasteiger partial charge is 0.329 e. The minimum absolute atomic E-state index is 0.364. The molecular weight excluding hydrogens is 234 g/mol. The number of benzene rings is 1. The molecule has 0 amide bonds. The molecule has 0 radical (unpaired) electrons. The monoisotopic (exact) mass is 261 g/mol. The zero-order valence-corrected chi connectivity index (χ0v) is 12.5. The van der Waals surface area contributed by atoms with Crippen LogP contribution in [0.4, 0.5) is 0 Å². The van der Waals surface area contributed by atoms with Crippen LogP contribution in [0.1, 0.15) is 30.5 Å². The Morgan fingerprint density at radius 1 is 1.37 bits per heavy atom. The minimum atomic E-state index is 0.364. The Balaban J connectivity index is 2.14. The lowest BCUT2D eigenvalue weighted by molar-refractivity contribution is 0.0644. The van der Waals surface area contributed by atoms with Gasteiger partial charge in [0.2, 0.25) is 0 Å². The molecule has 0 spiro atoms. The first-order valence-electron chi connectivity index (χ1n) is 7.36. The molecule has 2 atom stereocenters. The maximum Gasteiger partial charge on any atom is 0.0471 e. The Labute approximate surface area is 117 Å². The van der Waals surface area contributed by atoms with Crippen molar-refractivity contribution >= 4 is 0 Å². The van der Waals surface area contributed by atoms with Gasteiger partial charge in [0.25, 0.3) is 0 Å². The number of nitrogens with zero attached hydrogens (tertiary/aromatic N) is 2. The molecule has 0 bridgehead atoms. The summed E-state index contributed by atoms with van der Waals surface area (Å²) in [7, 11) is 2.23. The molecule has 1 fully saturated rings. The lowest BCUT2D eigenvalue weighted by atomic mass is 10.0. The normalized spacial score (nSPS) is 23.5. The highest BCUT2D eigenvalue weighted by Crippen LogP contribution is 2.24. The van der Waals surface area contributed by atoms with E-state index in [-0.39, 0.29) is 0 Å². The number of aryl methyl sites for hydroxylation is 1. The smallest absolute Gasteiger partial charge is 0.0471 e. The lowest BCUT2D eigenvalue weighted by Crippen LogP contribution is -2.53. The predicted octanol–water partition coefficient (Wildman–Crippen LogP) is 2.02. The van der Waals surface area contributed by atoms with Crippen LogP contribution in [0.3, 0.4) is 0 Å². The average Bonchev–Trinajstić information content (AvgIpc) is 2.41. The van der Waals surface area contributed by atoms with Crippen molar-refractivity contribution in [3.05, 3.63) is 35.4 Å². The van der Waals surface area contributed by atoms with E-state index >= 15 is 0 Å². The van der Waals surface area contributed by atoms with E-state index in [0.29, 0.717) is 18.6 Å². The van der Waals surface area contributed by atoms with E-state index in [0.717, 1.165) is 19.6 Å². The first-order chi connectivity index (χ1) is 9.15. The van der Waals surface area contributed by atoms with Gasteiger partial charge in [-0.05, 0) is 26.0 Å². The molecule has 106 valence electrons. The molecule has 1 saturated heterocycles. The number of piperazine rings is 1. The maximum absolute atomic E-state index is 6.05. The average molecular weight is 261 g/mol. The first-order valence-corrected chi connectivity index (χ1v) is 7.36. The van der Waals surface area contributed by atoms with Crippen molar-refractivity contribution in [2.24, 2.45) is 5.73 Å². The van der Waals surface area contributed by atoms with E-state index in [9.17, 15) is 0 Å². The molecular formula is C16H27N3. The Kier molecular flexibility index (Phi) is 4.97. The number of hydrogen-bond donors (Lipinski definition) is 1. The molecule has 0 aliphatic carbocycles. The maximum atomic E-state index is 6.05. The molecule has 2 rings (SSSR count). The molecule has 1 aromatic rings.